The molecule has 1 aromatic carbocycles. The Balaban J connectivity index is 1.17. The molecule has 0 unspecified atom stereocenters. The van der Waals surface area contributed by atoms with Crippen LogP contribution in [0.3, 0.4) is 0 Å². The van der Waals surface area contributed by atoms with Crippen LogP contribution in [0.4, 0.5) is 0 Å². The second kappa shape index (κ2) is 10.5. The number of nitrogens with zero attached hydrogens (tertiary/aromatic N) is 4. The van der Waals surface area contributed by atoms with Crippen molar-refractivity contribution >= 4 is 5.91 Å². The van der Waals surface area contributed by atoms with E-state index in [4.69, 9.17) is 0 Å². The average Bonchev–Trinajstić information content (AvgIpc) is 3.34. The van der Waals surface area contributed by atoms with Crippen molar-refractivity contribution in [2.45, 2.75) is 44.6 Å². The lowest BCUT2D eigenvalue weighted by atomic mass is 9.91. The van der Waals surface area contributed by atoms with Crippen LogP contribution in [-0.2, 0) is 11.2 Å². The van der Waals surface area contributed by atoms with Crippen molar-refractivity contribution < 1.29 is 4.79 Å². The fourth-order valence-corrected chi connectivity index (χ4v) is 5.07. The molecule has 168 valence electrons. The number of benzene rings is 1. The van der Waals surface area contributed by atoms with Crippen molar-refractivity contribution in [3.63, 3.8) is 0 Å². The molecule has 2 fully saturated rings. The average molecular weight is 423 g/mol. The lowest BCUT2D eigenvalue weighted by molar-refractivity contribution is -0.129. The van der Waals surface area contributed by atoms with E-state index < -0.39 is 0 Å². The Morgan fingerprint density at radius 3 is 2.26 bits per heavy atom. The third kappa shape index (κ3) is 5.98. The van der Waals surface area contributed by atoms with E-state index in [1.807, 2.05) is 36.5 Å². The number of carbonyl (C=O) groups excluding carboxylic acids is 1. The third-order valence-corrected chi connectivity index (χ3v) is 7.35. The predicted molar refractivity (Wildman–Crippen MR) is 127 cm³/mol. The molecule has 1 aromatic heterocycles. The summed E-state index contributed by atoms with van der Waals surface area (Å²) in [6.45, 7) is 5.84. The van der Waals surface area contributed by atoms with Crippen LogP contribution in [0.5, 0.6) is 0 Å². The van der Waals surface area contributed by atoms with Crippen LogP contribution in [0.1, 0.15) is 37.7 Å². The van der Waals surface area contributed by atoms with Gasteiger partial charge in [0.25, 0.3) is 0 Å². The first kappa shape index (κ1) is 22.1. The molecule has 2 saturated heterocycles. The van der Waals surface area contributed by atoms with Crippen molar-refractivity contribution in [3.05, 3.63) is 54.4 Å². The van der Waals surface area contributed by atoms with E-state index in [2.05, 4.69) is 45.7 Å². The van der Waals surface area contributed by atoms with Crippen LogP contribution in [0.2, 0.25) is 0 Å². The molecule has 0 spiro atoms. The molecule has 31 heavy (non-hydrogen) atoms. The number of rotatable bonds is 7. The molecular formula is C26H38N4O. The van der Waals surface area contributed by atoms with Crippen LogP contribution in [0.15, 0.2) is 48.8 Å². The Hall–Kier alpha value is -2.11. The Morgan fingerprint density at radius 2 is 1.61 bits per heavy atom. The highest BCUT2D eigenvalue weighted by Gasteiger charge is 2.27. The first-order valence-electron chi connectivity index (χ1n) is 12.0. The highest BCUT2D eigenvalue weighted by molar-refractivity contribution is 5.78. The van der Waals surface area contributed by atoms with E-state index in [1.165, 1.54) is 51.9 Å². The Morgan fingerprint density at radius 1 is 0.968 bits per heavy atom. The van der Waals surface area contributed by atoms with E-state index in [1.54, 1.807) is 0 Å². The van der Waals surface area contributed by atoms with Gasteiger partial charge >= 0.3 is 0 Å². The van der Waals surface area contributed by atoms with Gasteiger partial charge in [-0.05, 0) is 101 Å². The van der Waals surface area contributed by atoms with E-state index in [-0.39, 0.29) is 5.91 Å². The molecule has 1 amide bonds. The molecule has 0 aliphatic carbocycles. The second-order valence-electron chi connectivity index (χ2n) is 9.55. The number of likely N-dealkylation sites (N-methyl/N-ethyl adjacent to an activating group) is 1. The fourth-order valence-electron chi connectivity index (χ4n) is 5.07. The summed E-state index contributed by atoms with van der Waals surface area (Å²) in [4.78, 5) is 19.8. The number of likely N-dealkylation sites (tertiary alicyclic amines) is 2. The first-order chi connectivity index (χ1) is 15.1. The molecule has 0 radical (unpaired) electrons. The molecule has 3 heterocycles. The maximum absolute atomic E-state index is 12.7. The normalized spacial score (nSPS) is 19.5. The number of hydrogen-bond donors (Lipinski definition) is 0. The fraction of sp³-hybridized carbons (Fsp3) is 0.577. The van der Waals surface area contributed by atoms with Crippen LogP contribution in [0, 0.1) is 5.92 Å². The minimum absolute atomic E-state index is 0.220. The molecule has 4 rings (SSSR count). The van der Waals surface area contributed by atoms with Crippen LogP contribution in [-0.4, -0.2) is 78.0 Å². The SMILES string of the molecule is CN1CCC(N2CCC(CCN(C)C(=O)Cc3ccc(-n4cccc4)cc3)CC2)CC1. The maximum atomic E-state index is 12.7. The second-order valence-corrected chi connectivity index (χ2v) is 9.55. The van der Waals surface area contributed by atoms with Crippen molar-refractivity contribution in [3.8, 4) is 5.69 Å². The molecule has 0 N–H and O–H groups in total. The smallest absolute Gasteiger partial charge is 0.226 e. The van der Waals surface area contributed by atoms with E-state index in [0.29, 0.717) is 6.42 Å². The van der Waals surface area contributed by atoms with Gasteiger partial charge in [0.2, 0.25) is 5.91 Å². The summed E-state index contributed by atoms with van der Waals surface area (Å²) in [6, 6.07) is 13.1. The molecule has 2 aromatic rings. The highest BCUT2D eigenvalue weighted by Crippen LogP contribution is 2.25. The summed E-state index contributed by atoms with van der Waals surface area (Å²) < 4.78 is 2.08. The maximum Gasteiger partial charge on any atom is 0.226 e. The van der Waals surface area contributed by atoms with Gasteiger partial charge in [0.05, 0.1) is 6.42 Å². The third-order valence-electron chi connectivity index (χ3n) is 7.35. The summed E-state index contributed by atoms with van der Waals surface area (Å²) >= 11 is 0. The van der Waals surface area contributed by atoms with Gasteiger partial charge in [0.15, 0.2) is 0 Å². The zero-order valence-corrected chi connectivity index (χ0v) is 19.2. The molecule has 5 heteroatoms. The van der Waals surface area contributed by atoms with Gasteiger partial charge in [0, 0.05) is 37.7 Å². The van der Waals surface area contributed by atoms with E-state index in [9.17, 15) is 4.79 Å². The van der Waals surface area contributed by atoms with Crippen LogP contribution >= 0.6 is 0 Å². The number of amides is 1. The summed E-state index contributed by atoms with van der Waals surface area (Å²) in [7, 11) is 4.20. The van der Waals surface area contributed by atoms with Crippen molar-refractivity contribution in [2.24, 2.45) is 5.92 Å². The van der Waals surface area contributed by atoms with Crippen LogP contribution in [0.25, 0.3) is 5.69 Å². The van der Waals surface area contributed by atoms with Crippen molar-refractivity contribution in [1.29, 1.82) is 0 Å². The zero-order chi connectivity index (χ0) is 21.6. The monoisotopic (exact) mass is 422 g/mol. The van der Waals surface area contributed by atoms with Gasteiger partial charge in [0.1, 0.15) is 0 Å². The van der Waals surface area contributed by atoms with Gasteiger partial charge < -0.3 is 19.3 Å². The first-order valence-corrected chi connectivity index (χ1v) is 12.0. The zero-order valence-electron chi connectivity index (χ0n) is 19.2. The van der Waals surface area contributed by atoms with Gasteiger partial charge in [-0.3, -0.25) is 4.79 Å². The van der Waals surface area contributed by atoms with Gasteiger partial charge in [-0.15, -0.1) is 0 Å². The standard InChI is InChI=1S/C26H38N4O/c1-27-16-12-25(13-17-27)30-19-10-22(11-20-30)9-18-28(2)26(31)21-23-5-7-24(8-6-23)29-14-3-4-15-29/h3-8,14-15,22,25H,9-13,16-21H2,1-2H3. The summed E-state index contributed by atoms with van der Waals surface area (Å²) in [5, 5.41) is 0. The Bertz CT molecular complexity index is 800. The number of piperidine rings is 2. The molecule has 2 aliphatic rings. The minimum Gasteiger partial charge on any atom is -0.345 e. The summed E-state index contributed by atoms with van der Waals surface area (Å²) in [5.41, 5.74) is 2.21. The molecular weight excluding hydrogens is 384 g/mol. The summed E-state index contributed by atoms with van der Waals surface area (Å²) in [5.74, 6) is 0.982. The van der Waals surface area contributed by atoms with Gasteiger partial charge in [-0.1, -0.05) is 12.1 Å². The Kier molecular flexibility index (Phi) is 7.46. The topological polar surface area (TPSA) is 31.7 Å². The largest absolute Gasteiger partial charge is 0.345 e. The molecule has 0 bridgehead atoms. The summed E-state index contributed by atoms with van der Waals surface area (Å²) in [6.07, 6.45) is 10.9. The number of aromatic nitrogens is 1. The van der Waals surface area contributed by atoms with Gasteiger partial charge in [-0.2, -0.15) is 0 Å². The quantitative estimate of drug-likeness (QED) is 0.682. The molecule has 5 nitrogen and oxygen atoms in total. The molecule has 0 atom stereocenters. The predicted octanol–water partition coefficient (Wildman–Crippen LogP) is 3.67. The van der Waals surface area contributed by atoms with E-state index >= 15 is 0 Å². The molecule has 2 aliphatic heterocycles. The molecule has 0 saturated carbocycles. The van der Waals surface area contributed by atoms with E-state index in [0.717, 1.165) is 36.2 Å². The van der Waals surface area contributed by atoms with Crippen molar-refractivity contribution in [1.82, 2.24) is 19.3 Å². The lowest BCUT2D eigenvalue weighted by Gasteiger charge is -2.41. The van der Waals surface area contributed by atoms with Crippen molar-refractivity contribution in [2.75, 3.05) is 46.8 Å². The van der Waals surface area contributed by atoms with Crippen LogP contribution < -0.4 is 0 Å². The number of carbonyl (C=O) groups is 1. The Labute approximate surface area is 187 Å². The number of hydrogen-bond acceptors (Lipinski definition) is 3. The highest BCUT2D eigenvalue weighted by atomic mass is 16.2. The van der Waals surface area contributed by atoms with Gasteiger partial charge in [-0.25, -0.2) is 0 Å². The minimum atomic E-state index is 0.220. The lowest BCUT2D eigenvalue weighted by Crippen LogP contribution is -2.47.